The van der Waals surface area contributed by atoms with Crippen LogP contribution in [-0.2, 0) is 6.42 Å². The van der Waals surface area contributed by atoms with Crippen molar-refractivity contribution in [2.75, 3.05) is 5.33 Å². The fourth-order valence-corrected chi connectivity index (χ4v) is 2.24. The van der Waals surface area contributed by atoms with Gasteiger partial charge in [-0.2, -0.15) is 0 Å². The Morgan fingerprint density at radius 1 is 1.24 bits per heavy atom. The first-order chi connectivity index (χ1) is 8.15. The molecule has 17 heavy (non-hydrogen) atoms. The number of halogens is 2. The lowest BCUT2D eigenvalue weighted by Crippen LogP contribution is -1.96. The molecule has 0 atom stereocenters. The highest BCUT2D eigenvalue weighted by atomic mass is 79.9. The number of alkyl halides is 1. The van der Waals surface area contributed by atoms with Crippen LogP contribution in [0.2, 0.25) is 5.02 Å². The number of hydrogen-bond donors (Lipinski definition) is 0. The Hall–Kier alpha value is -0.610. The quantitative estimate of drug-likeness (QED) is 0.315. The minimum Gasteiger partial charge on any atom is -0.258 e. The lowest BCUT2D eigenvalue weighted by Gasteiger charge is -2.03. The zero-order valence-electron chi connectivity index (χ0n) is 9.49. The summed E-state index contributed by atoms with van der Waals surface area (Å²) >= 11 is 9.13. The van der Waals surface area contributed by atoms with Crippen LogP contribution in [0.15, 0.2) is 18.2 Å². The molecule has 94 valence electrons. The Kier molecular flexibility index (Phi) is 6.52. The van der Waals surface area contributed by atoms with Crippen LogP contribution >= 0.6 is 27.5 Å². The molecule has 0 bridgehead atoms. The van der Waals surface area contributed by atoms with Gasteiger partial charge < -0.3 is 0 Å². The van der Waals surface area contributed by atoms with Gasteiger partial charge >= 0.3 is 0 Å². The summed E-state index contributed by atoms with van der Waals surface area (Å²) in [7, 11) is 0. The number of rotatable bonds is 7. The Morgan fingerprint density at radius 3 is 2.59 bits per heavy atom. The van der Waals surface area contributed by atoms with Gasteiger partial charge in [-0.05, 0) is 25.3 Å². The SMILES string of the molecule is O=[N+]([O-])c1cc(Cl)ccc1CCCCCCBr. The molecule has 3 nitrogen and oxygen atoms in total. The van der Waals surface area contributed by atoms with Crippen LogP contribution in [0.25, 0.3) is 0 Å². The van der Waals surface area contributed by atoms with Crippen LogP contribution in [0, 0.1) is 10.1 Å². The largest absolute Gasteiger partial charge is 0.274 e. The van der Waals surface area contributed by atoms with E-state index in [1.807, 2.05) is 0 Å². The second-order valence-corrected chi connectivity index (χ2v) is 5.11. The van der Waals surface area contributed by atoms with Gasteiger partial charge in [0.2, 0.25) is 0 Å². The molecule has 0 aromatic heterocycles. The zero-order chi connectivity index (χ0) is 12.7. The third-order valence-electron chi connectivity index (χ3n) is 2.57. The molecule has 0 aliphatic heterocycles. The van der Waals surface area contributed by atoms with Crippen LogP contribution < -0.4 is 0 Å². The number of unbranched alkanes of at least 4 members (excludes halogenated alkanes) is 3. The van der Waals surface area contributed by atoms with Crippen molar-refractivity contribution in [2.45, 2.75) is 32.1 Å². The predicted molar refractivity (Wildman–Crippen MR) is 74.1 cm³/mol. The monoisotopic (exact) mass is 319 g/mol. The summed E-state index contributed by atoms with van der Waals surface area (Å²) in [5.41, 5.74) is 0.913. The van der Waals surface area contributed by atoms with Gasteiger partial charge in [-0.3, -0.25) is 10.1 Å². The molecular formula is C12H15BrClNO2. The summed E-state index contributed by atoms with van der Waals surface area (Å²) in [6.07, 6.45) is 5.14. The van der Waals surface area contributed by atoms with Crippen LogP contribution in [0.1, 0.15) is 31.2 Å². The summed E-state index contributed by atoms with van der Waals surface area (Å²) in [4.78, 5) is 10.5. The van der Waals surface area contributed by atoms with Gasteiger partial charge in [0.25, 0.3) is 5.69 Å². The van der Waals surface area contributed by atoms with Crippen molar-refractivity contribution in [1.29, 1.82) is 0 Å². The van der Waals surface area contributed by atoms with E-state index in [1.54, 1.807) is 12.1 Å². The topological polar surface area (TPSA) is 43.1 Å². The van der Waals surface area contributed by atoms with Crippen molar-refractivity contribution in [2.24, 2.45) is 0 Å². The molecule has 0 N–H and O–H groups in total. The van der Waals surface area contributed by atoms with Crippen LogP contribution in [0.5, 0.6) is 0 Å². The van der Waals surface area contributed by atoms with E-state index in [1.165, 1.54) is 6.07 Å². The maximum absolute atomic E-state index is 10.8. The van der Waals surface area contributed by atoms with Crippen molar-refractivity contribution in [3.05, 3.63) is 38.9 Å². The first-order valence-corrected chi connectivity index (χ1v) is 7.14. The van der Waals surface area contributed by atoms with Gasteiger partial charge in [-0.1, -0.05) is 46.4 Å². The molecule has 0 radical (unpaired) electrons. The normalized spacial score (nSPS) is 10.5. The van der Waals surface area contributed by atoms with Crippen LogP contribution in [0.3, 0.4) is 0 Å². The molecule has 0 saturated carbocycles. The average molecular weight is 321 g/mol. The minimum atomic E-state index is -0.361. The highest BCUT2D eigenvalue weighted by Gasteiger charge is 2.13. The highest BCUT2D eigenvalue weighted by molar-refractivity contribution is 9.09. The van der Waals surface area contributed by atoms with Crippen molar-refractivity contribution in [1.82, 2.24) is 0 Å². The third-order valence-corrected chi connectivity index (χ3v) is 3.37. The number of aryl methyl sites for hydroxylation is 1. The molecule has 1 aromatic carbocycles. The molecule has 0 unspecified atom stereocenters. The molecule has 1 aromatic rings. The van der Waals surface area contributed by atoms with Crippen molar-refractivity contribution in [3.63, 3.8) is 0 Å². The van der Waals surface area contributed by atoms with E-state index in [9.17, 15) is 10.1 Å². The minimum absolute atomic E-state index is 0.137. The molecule has 0 spiro atoms. The highest BCUT2D eigenvalue weighted by Crippen LogP contribution is 2.24. The molecule has 0 fully saturated rings. The third kappa shape index (κ3) is 5.04. The Balaban J connectivity index is 2.55. The average Bonchev–Trinajstić information content (AvgIpc) is 2.30. The van der Waals surface area contributed by atoms with Gasteiger partial charge in [-0.25, -0.2) is 0 Å². The second-order valence-electron chi connectivity index (χ2n) is 3.88. The second kappa shape index (κ2) is 7.67. The number of nitrogens with zero attached hydrogens (tertiary/aromatic N) is 1. The van der Waals surface area contributed by atoms with E-state index in [0.29, 0.717) is 5.02 Å². The summed E-state index contributed by atoms with van der Waals surface area (Å²) in [5, 5.41) is 12.3. The first kappa shape index (κ1) is 14.5. The first-order valence-electron chi connectivity index (χ1n) is 5.64. The fraction of sp³-hybridized carbons (Fsp3) is 0.500. The van der Waals surface area contributed by atoms with E-state index in [2.05, 4.69) is 15.9 Å². The van der Waals surface area contributed by atoms with Gasteiger partial charge in [0.15, 0.2) is 0 Å². The Morgan fingerprint density at radius 2 is 1.94 bits per heavy atom. The smallest absolute Gasteiger partial charge is 0.258 e. The van der Waals surface area contributed by atoms with Crippen LogP contribution in [0.4, 0.5) is 5.69 Å². The van der Waals surface area contributed by atoms with E-state index in [0.717, 1.165) is 43.0 Å². The van der Waals surface area contributed by atoms with Gasteiger partial charge in [0.05, 0.1) is 4.92 Å². The lowest BCUT2D eigenvalue weighted by atomic mass is 10.0. The van der Waals surface area contributed by atoms with Crippen molar-refractivity contribution < 1.29 is 4.92 Å². The molecule has 0 aliphatic rings. The van der Waals surface area contributed by atoms with Crippen molar-refractivity contribution in [3.8, 4) is 0 Å². The van der Waals surface area contributed by atoms with Gasteiger partial charge in [0, 0.05) is 22.0 Å². The van der Waals surface area contributed by atoms with Crippen molar-refractivity contribution >= 4 is 33.2 Å². The predicted octanol–water partition coefficient (Wildman–Crippen LogP) is 4.75. The lowest BCUT2D eigenvalue weighted by molar-refractivity contribution is -0.385. The molecule has 0 saturated heterocycles. The number of nitro benzene ring substituents is 1. The number of benzene rings is 1. The molecular weight excluding hydrogens is 305 g/mol. The summed E-state index contributed by atoms with van der Waals surface area (Å²) < 4.78 is 0. The van der Waals surface area contributed by atoms with E-state index in [4.69, 9.17) is 11.6 Å². The standard InChI is InChI=1S/C12H15BrClNO2/c13-8-4-2-1-3-5-10-6-7-11(14)9-12(10)15(16)17/h6-7,9H,1-5,8H2. The zero-order valence-corrected chi connectivity index (χ0v) is 11.8. The van der Waals surface area contributed by atoms with E-state index < -0.39 is 0 Å². The van der Waals surface area contributed by atoms with Gasteiger partial charge in [0.1, 0.15) is 0 Å². The van der Waals surface area contributed by atoms with Gasteiger partial charge in [-0.15, -0.1) is 0 Å². The Labute approximate surface area is 114 Å². The van der Waals surface area contributed by atoms with E-state index >= 15 is 0 Å². The summed E-state index contributed by atoms with van der Waals surface area (Å²) in [5.74, 6) is 0. The van der Waals surface area contributed by atoms with Crippen LogP contribution in [-0.4, -0.2) is 10.3 Å². The molecule has 0 heterocycles. The molecule has 0 aliphatic carbocycles. The Bertz CT molecular complexity index is 385. The maximum atomic E-state index is 10.8. The number of nitro groups is 1. The summed E-state index contributed by atoms with van der Waals surface area (Å²) in [6, 6.07) is 4.89. The molecule has 0 amide bonds. The fourth-order valence-electron chi connectivity index (χ4n) is 1.68. The number of hydrogen-bond acceptors (Lipinski definition) is 2. The summed E-state index contributed by atoms with van der Waals surface area (Å²) in [6.45, 7) is 0. The molecule has 1 rings (SSSR count). The maximum Gasteiger partial charge on any atom is 0.274 e. The van der Waals surface area contributed by atoms with E-state index in [-0.39, 0.29) is 10.6 Å². The molecule has 5 heteroatoms.